The maximum Gasteiger partial charge on any atom is 0.222 e. The summed E-state index contributed by atoms with van der Waals surface area (Å²) in [6, 6.07) is 8.56. The number of para-hydroxylation sites is 1. The van der Waals surface area contributed by atoms with E-state index in [1.54, 1.807) is 0 Å². The summed E-state index contributed by atoms with van der Waals surface area (Å²) in [6.07, 6.45) is 0.989. The zero-order chi connectivity index (χ0) is 11.1. The zero-order valence-corrected chi connectivity index (χ0v) is 8.92. The molecule has 82 valence electrons. The van der Waals surface area contributed by atoms with Crippen molar-refractivity contribution in [3.05, 3.63) is 29.8 Å². The van der Waals surface area contributed by atoms with E-state index in [4.69, 9.17) is 5.73 Å². The van der Waals surface area contributed by atoms with Gasteiger partial charge in [0.2, 0.25) is 11.6 Å². The molecular formula is C11H12N4O. The SMILES string of the molecule is CC1Cc2ccccc2N1c1nonc1N. The Morgan fingerprint density at radius 3 is 2.94 bits per heavy atom. The van der Waals surface area contributed by atoms with Gasteiger partial charge in [0.05, 0.1) is 0 Å². The third kappa shape index (κ3) is 1.18. The molecule has 0 saturated carbocycles. The van der Waals surface area contributed by atoms with Crippen molar-refractivity contribution in [2.75, 3.05) is 10.6 Å². The first-order valence-electron chi connectivity index (χ1n) is 5.22. The van der Waals surface area contributed by atoms with Gasteiger partial charge in [-0.3, -0.25) is 0 Å². The second-order valence-electron chi connectivity index (χ2n) is 4.02. The van der Waals surface area contributed by atoms with Crippen LogP contribution in [-0.4, -0.2) is 16.4 Å². The fourth-order valence-electron chi connectivity index (χ4n) is 2.25. The molecule has 2 N–H and O–H groups in total. The van der Waals surface area contributed by atoms with Gasteiger partial charge in [0, 0.05) is 11.7 Å². The molecule has 0 fully saturated rings. The van der Waals surface area contributed by atoms with Crippen molar-refractivity contribution in [3.8, 4) is 0 Å². The van der Waals surface area contributed by atoms with Gasteiger partial charge in [-0.2, -0.15) is 0 Å². The molecule has 3 rings (SSSR count). The van der Waals surface area contributed by atoms with Crippen LogP contribution in [0.5, 0.6) is 0 Å². The molecule has 0 bridgehead atoms. The number of nitrogens with zero attached hydrogens (tertiary/aromatic N) is 3. The highest BCUT2D eigenvalue weighted by atomic mass is 16.6. The second-order valence-corrected chi connectivity index (χ2v) is 4.02. The third-order valence-electron chi connectivity index (χ3n) is 2.93. The first kappa shape index (κ1) is 9.21. The second kappa shape index (κ2) is 3.23. The number of rotatable bonds is 1. The molecule has 5 heteroatoms. The van der Waals surface area contributed by atoms with Crippen LogP contribution in [0.3, 0.4) is 0 Å². The summed E-state index contributed by atoms with van der Waals surface area (Å²) in [5.74, 6) is 0.945. The van der Waals surface area contributed by atoms with Gasteiger partial charge < -0.3 is 10.6 Å². The van der Waals surface area contributed by atoms with Crippen LogP contribution in [0, 0.1) is 0 Å². The van der Waals surface area contributed by atoms with Crippen molar-refractivity contribution in [1.29, 1.82) is 0 Å². The van der Waals surface area contributed by atoms with Gasteiger partial charge in [0.25, 0.3) is 0 Å². The molecule has 0 amide bonds. The van der Waals surface area contributed by atoms with Crippen LogP contribution >= 0.6 is 0 Å². The summed E-state index contributed by atoms with van der Waals surface area (Å²) in [4.78, 5) is 2.07. The monoisotopic (exact) mass is 216 g/mol. The number of aromatic nitrogens is 2. The highest BCUT2D eigenvalue weighted by Crippen LogP contribution is 2.38. The zero-order valence-electron chi connectivity index (χ0n) is 8.92. The highest BCUT2D eigenvalue weighted by Gasteiger charge is 2.30. The highest BCUT2D eigenvalue weighted by molar-refractivity contribution is 5.73. The first-order chi connectivity index (χ1) is 7.77. The molecular weight excluding hydrogens is 204 g/mol. The van der Waals surface area contributed by atoms with E-state index in [0.717, 1.165) is 12.1 Å². The molecule has 1 aliphatic heterocycles. The van der Waals surface area contributed by atoms with Crippen molar-refractivity contribution >= 4 is 17.3 Å². The maximum atomic E-state index is 5.73. The number of nitrogen functional groups attached to an aromatic ring is 1. The van der Waals surface area contributed by atoms with E-state index in [-0.39, 0.29) is 0 Å². The normalized spacial score (nSPS) is 18.8. The van der Waals surface area contributed by atoms with Gasteiger partial charge >= 0.3 is 0 Å². The van der Waals surface area contributed by atoms with Gasteiger partial charge in [-0.25, -0.2) is 4.63 Å². The standard InChI is InChI=1S/C11H12N4O/c1-7-6-8-4-2-3-5-9(8)15(7)11-10(12)13-16-14-11/h2-5,7H,6H2,1H3,(H2,12,13). The van der Waals surface area contributed by atoms with Gasteiger partial charge in [0.15, 0.2) is 0 Å². The summed E-state index contributed by atoms with van der Waals surface area (Å²) in [5, 5.41) is 7.48. The molecule has 0 spiro atoms. The Bertz CT molecular complexity index is 522. The number of hydrogen-bond acceptors (Lipinski definition) is 5. The van der Waals surface area contributed by atoms with E-state index in [9.17, 15) is 0 Å². The molecule has 0 saturated heterocycles. The van der Waals surface area contributed by atoms with Crippen LogP contribution in [0.2, 0.25) is 0 Å². The van der Waals surface area contributed by atoms with E-state index >= 15 is 0 Å². The van der Waals surface area contributed by atoms with Crippen molar-refractivity contribution < 1.29 is 4.63 Å². The Morgan fingerprint density at radius 1 is 1.38 bits per heavy atom. The molecule has 1 aromatic heterocycles. The number of hydrogen-bond donors (Lipinski definition) is 1. The molecule has 1 atom stereocenters. The average molecular weight is 216 g/mol. The van der Waals surface area contributed by atoms with Crippen molar-refractivity contribution in [1.82, 2.24) is 10.3 Å². The van der Waals surface area contributed by atoms with Crippen molar-refractivity contribution in [2.24, 2.45) is 0 Å². The molecule has 1 aliphatic rings. The summed E-state index contributed by atoms with van der Waals surface area (Å²) in [6.45, 7) is 2.13. The van der Waals surface area contributed by atoms with Crippen LogP contribution in [0.1, 0.15) is 12.5 Å². The predicted octanol–water partition coefficient (Wildman–Crippen LogP) is 1.73. The number of fused-ring (bicyclic) bond motifs is 1. The Labute approximate surface area is 92.8 Å². The van der Waals surface area contributed by atoms with Crippen LogP contribution in [0.4, 0.5) is 17.3 Å². The predicted molar refractivity (Wildman–Crippen MR) is 60.5 cm³/mol. The molecule has 2 heterocycles. The van der Waals surface area contributed by atoms with Gasteiger partial charge in [-0.05, 0) is 35.3 Å². The molecule has 16 heavy (non-hydrogen) atoms. The Hall–Kier alpha value is -2.04. The quantitative estimate of drug-likeness (QED) is 0.786. The fraction of sp³-hybridized carbons (Fsp3) is 0.273. The van der Waals surface area contributed by atoms with Gasteiger partial charge in [-0.15, -0.1) is 0 Å². The van der Waals surface area contributed by atoms with Crippen LogP contribution in [-0.2, 0) is 6.42 Å². The van der Waals surface area contributed by atoms with E-state index in [1.165, 1.54) is 5.56 Å². The lowest BCUT2D eigenvalue weighted by Crippen LogP contribution is -2.24. The number of nitrogens with two attached hydrogens (primary N) is 1. The lowest BCUT2D eigenvalue weighted by atomic mass is 10.1. The molecule has 0 aliphatic carbocycles. The Kier molecular flexibility index (Phi) is 1.86. The number of benzene rings is 1. The smallest absolute Gasteiger partial charge is 0.222 e. The maximum absolute atomic E-state index is 5.73. The first-order valence-corrected chi connectivity index (χ1v) is 5.22. The van der Waals surface area contributed by atoms with E-state index in [1.807, 2.05) is 12.1 Å². The summed E-state index contributed by atoms with van der Waals surface area (Å²) < 4.78 is 4.65. The molecule has 5 nitrogen and oxygen atoms in total. The van der Waals surface area contributed by atoms with Crippen LogP contribution < -0.4 is 10.6 Å². The van der Waals surface area contributed by atoms with E-state index in [2.05, 4.69) is 38.9 Å². The summed E-state index contributed by atoms with van der Waals surface area (Å²) in [5.41, 5.74) is 8.17. The van der Waals surface area contributed by atoms with Gasteiger partial charge in [-0.1, -0.05) is 18.2 Å². The third-order valence-corrected chi connectivity index (χ3v) is 2.93. The molecule has 1 unspecified atom stereocenters. The minimum atomic E-state index is 0.326. The largest absolute Gasteiger partial charge is 0.378 e. The molecule has 2 aromatic rings. The molecule has 1 aromatic carbocycles. The minimum absolute atomic E-state index is 0.326. The number of anilines is 3. The lowest BCUT2D eigenvalue weighted by molar-refractivity contribution is 0.309. The van der Waals surface area contributed by atoms with Crippen LogP contribution in [0.15, 0.2) is 28.9 Å². The average Bonchev–Trinajstić information content (AvgIpc) is 2.81. The summed E-state index contributed by atoms with van der Waals surface area (Å²) in [7, 11) is 0. The van der Waals surface area contributed by atoms with E-state index < -0.39 is 0 Å². The molecule has 0 radical (unpaired) electrons. The topological polar surface area (TPSA) is 68.2 Å². The van der Waals surface area contributed by atoms with Crippen molar-refractivity contribution in [2.45, 2.75) is 19.4 Å². The van der Waals surface area contributed by atoms with Crippen LogP contribution in [0.25, 0.3) is 0 Å². The fourth-order valence-corrected chi connectivity index (χ4v) is 2.25. The lowest BCUT2D eigenvalue weighted by Gasteiger charge is -2.21. The minimum Gasteiger partial charge on any atom is -0.378 e. The Morgan fingerprint density at radius 2 is 2.19 bits per heavy atom. The summed E-state index contributed by atoms with van der Waals surface area (Å²) >= 11 is 0. The van der Waals surface area contributed by atoms with E-state index in [0.29, 0.717) is 17.7 Å². The van der Waals surface area contributed by atoms with Crippen molar-refractivity contribution in [3.63, 3.8) is 0 Å². The van der Waals surface area contributed by atoms with Gasteiger partial charge in [0.1, 0.15) is 0 Å². The Balaban J connectivity index is 2.12.